The Morgan fingerprint density at radius 3 is 2.07 bits per heavy atom. The number of hydrogen-bond acceptors (Lipinski definition) is 2. The van der Waals surface area contributed by atoms with Crippen LogP contribution in [0.3, 0.4) is 0 Å². The van der Waals surface area contributed by atoms with Crippen molar-refractivity contribution in [3.05, 3.63) is 34.9 Å². The van der Waals surface area contributed by atoms with Gasteiger partial charge in [-0.1, -0.05) is 23.7 Å². The van der Waals surface area contributed by atoms with Crippen LogP contribution in [0, 0.1) is 0 Å². The smallest absolute Gasteiger partial charge is 0.382 e. The molecule has 0 aromatic heterocycles. The molecule has 0 aliphatic rings. The zero-order chi connectivity index (χ0) is 11.6. The number of nitrogens with two attached hydrogens (primary N) is 1. The fourth-order valence-corrected chi connectivity index (χ4v) is 1.20. The Balaban J connectivity index is 2.85. The van der Waals surface area contributed by atoms with Gasteiger partial charge in [0.05, 0.1) is 6.04 Å². The first-order chi connectivity index (χ1) is 6.82. The van der Waals surface area contributed by atoms with E-state index in [4.69, 9.17) is 22.4 Å². The molecule has 2 nitrogen and oxygen atoms in total. The standard InChI is InChI=1S/C9H9ClF3NO/c10-6-3-1-5(2-4-6)7(14)8(15)9(11,12)13/h1-4,7-8,15H,14H2/t7-,8-/m1/s1. The highest BCUT2D eigenvalue weighted by Gasteiger charge is 2.42. The molecule has 0 aliphatic carbocycles. The van der Waals surface area contributed by atoms with Crippen LogP contribution in [0.1, 0.15) is 11.6 Å². The number of alkyl halides is 3. The summed E-state index contributed by atoms with van der Waals surface area (Å²) in [5.74, 6) is 0. The van der Waals surface area contributed by atoms with Gasteiger partial charge >= 0.3 is 6.18 Å². The summed E-state index contributed by atoms with van der Waals surface area (Å²) >= 11 is 5.56. The Hall–Kier alpha value is -0.780. The van der Waals surface area contributed by atoms with Gasteiger partial charge in [-0.2, -0.15) is 13.2 Å². The number of halogens is 4. The van der Waals surface area contributed by atoms with Gasteiger partial charge in [-0.15, -0.1) is 0 Å². The van der Waals surface area contributed by atoms with E-state index in [-0.39, 0.29) is 5.56 Å². The van der Waals surface area contributed by atoms with E-state index in [0.717, 1.165) is 0 Å². The van der Waals surface area contributed by atoms with E-state index in [9.17, 15) is 13.2 Å². The summed E-state index contributed by atoms with van der Waals surface area (Å²) < 4.78 is 36.3. The van der Waals surface area contributed by atoms with Gasteiger partial charge < -0.3 is 10.8 Å². The zero-order valence-corrected chi connectivity index (χ0v) is 8.26. The minimum atomic E-state index is -4.72. The average Bonchev–Trinajstić information content (AvgIpc) is 2.15. The molecule has 1 aromatic carbocycles. The van der Waals surface area contributed by atoms with Crippen molar-refractivity contribution in [3.63, 3.8) is 0 Å². The monoisotopic (exact) mass is 239 g/mol. The molecule has 0 amide bonds. The van der Waals surface area contributed by atoms with Gasteiger partial charge in [0.1, 0.15) is 0 Å². The summed E-state index contributed by atoms with van der Waals surface area (Å²) in [6, 6.07) is 4.03. The molecule has 0 radical (unpaired) electrons. The van der Waals surface area contributed by atoms with Crippen molar-refractivity contribution in [3.8, 4) is 0 Å². The van der Waals surface area contributed by atoms with Gasteiger partial charge in [0, 0.05) is 5.02 Å². The maximum atomic E-state index is 12.1. The summed E-state index contributed by atoms with van der Waals surface area (Å²) in [5.41, 5.74) is 5.45. The van der Waals surface area contributed by atoms with E-state index in [0.29, 0.717) is 5.02 Å². The van der Waals surface area contributed by atoms with Crippen molar-refractivity contribution >= 4 is 11.6 Å². The van der Waals surface area contributed by atoms with Gasteiger partial charge in [-0.25, -0.2) is 0 Å². The van der Waals surface area contributed by atoms with E-state index in [2.05, 4.69) is 0 Å². The normalized spacial score (nSPS) is 16.1. The lowest BCUT2D eigenvalue weighted by molar-refractivity contribution is -0.210. The first kappa shape index (κ1) is 12.3. The van der Waals surface area contributed by atoms with Crippen molar-refractivity contribution in [2.75, 3.05) is 0 Å². The first-order valence-electron chi connectivity index (χ1n) is 4.08. The molecule has 0 heterocycles. The lowest BCUT2D eigenvalue weighted by atomic mass is 10.0. The first-order valence-corrected chi connectivity index (χ1v) is 4.46. The third-order valence-electron chi connectivity index (χ3n) is 1.93. The minimum Gasteiger partial charge on any atom is -0.382 e. The minimum absolute atomic E-state index is 0.184. The van der Waals surface area contributed by atoms with Gasteiger partial charge in [-0.05, 0) is 17.7 Å². The summed E-state index contributed by atoms with van der Waals surface area (Å²) in [6.07, 6.45) is -7.29. The molecule has 84 valence electrons. The van der Waals surface area contributed by atoms with Gasteiger partial charge in [0.15, 0.2) is 6.10 Å². The molecule has 0 saturated heterocycles. The van der Waals surface area contributed by atoms with E-state index in [1.54, 1.807) is 0 Å². The molecule has 1 rings (SSSR count). The van der Waals surface area contributed by atoms with Crippen LogP contribution in [0.4, 0.5) is 13.2 Å². The summed E-state index contributed by atoms with van der Waals surface area (Å²) in [6.45, 7) is 0. The lowest BCUT2D eigenvalue weighted by Gasteiger charge is -2.21. The Morgan fingerprint density at radius 2 is 1.67 bits per heavy atom. The van der Waals surface area contributed by atoms with Crippen LogP contribution in [-0.4, -0.2) is 17.4 Å². The van der Waals surface area contributed by atoms with Crippen molar-refractivity contribution in [1.82, 2.24) is 0 Å². The Bertz CT molecular complexity index is 325. The number of rotatable bonds is 2. The average molecular weight is 240 g/mol. The number of benzene rings is 1. The number of hydrogen-bond donors (Lipinski definition) is 2. The van der Waals surface area contributed by atoms with Crippen molar-refractivity contribution in [1.29, 1.82) is 0 Å². The highest BCUT2D eigenvalue weighted by atomic mass is 35.5. The summed E-state index contributed by atoms with van der Waals surface area (Å²) in [7, 11) is 0. The van der Waals surface area contributed by atoms with Crippen molar-refractivity contribution < 1.29 is 18.3 Å². The SMILES string of the molecule is N[C@H](c1ccc(Cl)cc1)[C@@H](O)C(F)(F)F. The van der Waals surface area contributed by atoms with Crippen LogP contribution in [-0.2, 0) is 0 Å². The zero-order valence-electron chi connectivity index (χ0n) is 7.50. The molecule has 0 aliphatic heterocycles. The van der Waals surface area contributed by atoms with Crippen LogP contribution in [0.2, 0.25) is 5.02 Å². The highest BCUT2D eigenvalue weighted by Crippen LogP contribution is 2.28. The predicted octanol–water partition coefficient (Wildman–Crippen LogP) is 2.26. The maximum absolute atomic E-state index is 12.1. The molecule has 0 fully saturated rings. The second kappa shape index (κ2) is 4.38. The molecule has 0 bridgehead atoms. The molecule has 0 unspecified atom stereocenters. The Kier molecular flexibility index (Phi) is 3.59. The second-order valence-electron chi connectivity index (χ2n) is 3.06. The second-order valence-corrected chi connectivity index (χ2v) is 3.50. The maximum Gasteiger partial charge on any atom is 0.416 e. The number of aliphatic hydroxyl groups is 1. The van der Waals surface area contributed by atoms with Crippen LogP contribution in [0.15, 0.2) is 24.3 Å². The number of aliphatic hydroxyl groups excluding tert-OH is 1. The molecule has 0 spiro atoms. The predicted molar refractivity (Wildman–Crippen MR) is 50.4 cm³/mol. The summed E-state index contributed by atoms with van der Waals surface area (Å²) in [4.78, 5) is 0. The van der Waals surface area contributed by atoms with E-state index < -0.39 is 18.3 Å². The van der Waals surface area contributed by atoms with Crippen LogP contribution >= 0.6 is 11.6 Å². The molecule has 0 saturated carbocycles. The van der Waals surface area contributed by atoms with Crippen LogP contribution < -0.4 is 5.73 Å². The third kappa shape index (κ3) is 3.09. The quantitative estimate of drug-likeness (QED) is 0.832. The molecule has 6 heteroatoms. The van der Waals surface area contributed by atoms with Crippen LogP contribution in [0.5, 0.6) is 0 Å². The summed E-state index contributed by atoms with van der Waals surface area (Å²) in [5, 5.41) is 9.29. The Labute approximate surface area is 89.5 Å². The molecular formula is C9H9ClF3NO. The lowest BCUT2D eigenvalue weighted by Crippen LogP contribution is -2.38. The largest absolute Gasteiger partial charge is 0.416 e. The van der Waals surface area contributed by atoms with Crippen molar-refractivity contribution in [2.24, 2.45) is 5.73 Å². The van der Waals surface area contributed by atoms with Gasteiger partial charge in [0.2, 0.25) is 0 Å². The van der Waals surface area contributed by atoms with E-state index in [1.807, 2.05) is 0 Å². The van der Waals surface area contributed by atoms with Gasteiger partial charge in [-0.3, -0.25) is 0 Å². The molecular weight excluding hydrogens is 231 g/mol. The third-order valence-corrected chi connectivity index (χ3v) is 2.18. The van der Waals surface area contributed by atoms with Crippen LogP contribution in [0.25, 0.3) is 0 Å². The van der Waals surface area contributed by atoms with E-state index in [1.165, 1.54) is 24.3 Å². The fourth-order valence-electron chi connectivity index (χ4n) is 1.07. The molecule has 15 heavy (non-hydrogen) atoms. The van der Waals surface area contributed by atoms with Crippen molar-refractivity contribution in [2.45, 2.75) is 18.3 Å². The van der Waals surface area contributed by atoms with Gasteiger partial charge in [0.25, 0.3) is 0 Å². The molecule has 1 aromatic rings. The molecule has 2 atom stereocenters. The highest BCUT2D eigenvalue weighted by molar-refractivity contribution is 6.30. The van der Waals surface area contributed by atoms with E-state index >= 15 is 0 Å². The Morgan fingerprint density at radius 1 is 1.20 bits per heavy atom. The molecule has 3 N–H and O–H groups in total. The fraction of sp³-hybridized carbons (Fsp3) is 0.333. The topological polar surface area (TPSA) is 46.2 Å².